The molecule has 0 bridgehead atoms. The highest BCUT2D eigenvalue weighted by Gasteiger charge is 2.24. The van der Waals surface area contributed by atoms with E-state index in [9.17, 15) is 4.79 Å². The van der Waals surface area contributed by atoms with Gasteiger partial charge in [0.1, 0.15) is 5.15 Å². The molecule has 1 saturated heterocycles. The fourth-order valence-corrected chi connectivity index (χ4v) is 4.08. The van der Waals surface area contributed by atoms with E-state index in [1.54, 1.807) is 4.68 Å². The minimum absolute atomic E-state index is 0.145. The highest BCUT2D eigenvalue weighted by Crippen LogP contribution is 2.21. The molecule has 6 heteroatoms. The monoisotopic (exact) mass is 388 g/mol. The second-order valence-electron chi connectivity index (χ2n) is 7.70. The van der Waals surface area contributed by atoms with Gasteiger partial charge in [-0.05, 0) is 44.7 Å². The van der Waals surface area contributed by atoms with Crippen molar-refractivity contribution in [3.63, 3.8) is 0 Å². The normalized spacial score (nSPS) is 19.0. The first-order valence-corrected chi connectivity index (χ1v) is 10.1. The van der Waals surface area contributed by atoms with Gasteiger partial charge in [0.05, 0.1) is 17.8 Å². The summed E-state index contributed by atoms with van der Waals surface area (Å²) < 4.78 is 1.69. The number of carbonyl (C=O) groups excluding carboxylic acids is 1. The van der Waals surface area contributed by atoms with Crippen LogP contribution in [-0.2, 0) is 6.54 Å². The predicted molar refractivity (Wildman–Crippen MR) is 109 cm³/mol. The number of nitrogens with one attached hydrogen (secondary N) is 1. The number of amides is 1. The smallest absolute Gasteiger partial charge is 0.256 e. The first-order valence-electron chi connectivity index (χ1n) is 9.74. The Bertz CT molecular complexity index is 774. The number of carbonyl (C=O) groups is 1. The molecule has 146 valence electrons. The first-order chi connectivity index (χ1) is 13.0. The molecule has 0 aliphatic carbocycles. The lowest BCUT2D eigenvalue weighted by Crippen LogP contribution is -2.46. The van der Waals surface area contributed by atoms with Gasteiger partial charge in [-0.3, -0.25) is 9.69 Å². The molecule has 2 atom stereocenters. The summed E-state index contributed by atoms with van der Waals surface area (Å²) in [5, 5.41) is 7.91. The van der Waals surface area contributed by atoms with E-state index >= 15 is 0 Å². The molecule has 1 fully saturated rings. The van der Waals surface area contributed by atoms with Gasteiger partial charge < -0.3 is 5.32 Å². The lowest BCUT2D eigenvalue weighted by atomic mass is 9.99. The molecule has 0 radical (unpaired) electrons. The third-order valence-corrected chi connectivity index (χ3v) is 5.72. The molecular formula is C21H29ClN4O. The Balaban J connectivity index is 1.63. The molecule has 1 aromatic carbocycles. The molecule has 0 spiro atoms. The van der Waals surface area contributed by atoms with Crippen molar-refractivity contribution in [1.29, 1.82) is 0 Å². The fourth-order valence-electron chi connectivity index (χ4n) is 3.76. The Morgan fingerprint density at radius 1 is 1.37 bits per heavy atom. The predicted octanol–water partition coefficient (Wildman–Crippen LogP) is 3.74. The van der Waals surface area contributed by atoms with Crippen molar-refractivity contribution in [2.24, 2.45) is 5.92 Å². The minimum Gasteiger partial charge on any atom is -0.350 e. The third kappa shape index (κ3) is 4.90. The second-order valence-corrected chi connectivity index (χ2v) is 8.05. The van der Waals surface area contributed by atoms with E-state index in [0.29, 0.717) is 35.5 Å². The van der Waals surface area contributed by atoms with Crippen LogP contribution in [0.15, 0.2) is 30.3 Å². The summed E-state index contributed by atoms with van der Waals surface area (Å²) in [4.78, 5) is 15.2. The summed E-state index contributed by atoms with van der Waals surface area (Å²) in [6, 6.07) is 10.3. The van der Waals surface area contributed by atoms with E-state index < -0.39 is 0 Å². The summed E-state index contributed by atoms with van der Waals surface area (Å²) >= 11 is 6.49. The summed E-state index contributed by atoms with van der Waals surface area (Å²) in [6.45, 7) is 9.68. The Labute approximate surface area is 166 Å². The Hall–Kier alpha value is -1.85. The molecule has 2 aromatic rings. The van der Waals surface area contributed by atoms with Crippen molar-refractivity contribution in [3.8, 4) is 0 Å². The molecule has 0 saturated carbocycles. The molecule has 1 N–H and O–H groups in total. The zero-order valence-electron chi connectivity index (χ0n) is 16.4. The number of hydrogen-bond donors (Lipinski definition) is 1. The maximum absolute atomic E-state index is 12.7. The molecule has 3 rings (SSSR count). The van der Waals surface area contributed by atoms with Crippen LogP contribution in [0.5, 0.6) is 0 Å². The summed E-state index contributed by atoms with van der Waals surface area (Å²) in [5.41, 5.74) is 2.24. The van der Waals surface area contributed by atoms with Gasteiger partial charge in [0.15, 0.2) is 0 Å². The summed E-state index contributed by atoms with van der Waals surface area (Å²) in [7, 11) is 0. The van der Waals surface area contributed by atoms with Crippen molar-refractivity contribution in [2.75, 3.05) is 19.6 Å². The van der Waals surface area contributed by atoms with Gasteiger partial charge in [-0.1, -0.05) is 48.9 Å². The molecular weight excluding hydrogens is 360 g/mol. The van der Waals surface area contributed by atoms with Gasteiger partial charge in [0.2, 0.25) is 0 Å². The highest BCUT2D eigenvalue weighted by molar-refractivity contribution is 6.33. The van der Waals surface area contributed by atoms with Gasteiger partial charge >= 0.3 is 0 Å². The molecule has 2 heterocycles. The van der Waals surface area contributed by atoms with Crippen molar-refractivity contribution >= 4 is 17.5 Å². The molecule has 2 unspecified atom stereocenters. The maximum atomic E-state index is 12.7. The van der Waals surface area contributed by atoms with E-state index in [2.05, 4.69) is 29.2 Å². The molecule has 1 aliphatic rings. The van der Waals surface area contributed by atoms with Crippen molar-refractivity contribution in [3.05, 3.63) is 52.3 Å². The van der Waals surface area contributed by atoms with Gasteiger partial charge in [-0.2, -0.15) is 5.10 Å². The number of benzene rings is 1. The van der Waals surface area contributed by atoms with Crippen molar-refractivity contribution in [1.82, 2.24) is 20.0 Å². The largest absolute Gasteiger partial charge is 0.350 e. The quantitative estimate of drug-likeness (QED) is 0.820. The minimum atomic E-state index is -0.145. The number of likely N-dealkylation sites (tertiary alicyclic amines) is 1. The molecule has 5 nitrogen and oxygen atoms in total. The number of aromatic nitrogens is 2. The van der Waals surface area contributed by atoms with Crippen LogP contribution >= 0.6 is 11.6 Å². The number of piperidine rings is 1. The van der Waals surface area contributed by atoms with Crippen LogP contribution in [0.4, 0.5) is 0 Å². The fraction of sp³-hybridized carbons (Fsp3) is 0.524. The molecule has 1 aliphatic heterocycles. The zero-order valence-corrected chi connectivity index (χ0v) is 17.2. The maximum Gasteiger partial charge on any atom is 0.256 e. The average molecular weight is 389 g/mol. The van der Waals surface area contributed by atoms with Gasteiger partial charge in [0, 0.05) is 19.1 Å². The number of rotatable bonds is 6. The highest BCUT2D eigenvalue weighted by atomic mass is 35.5. The number of aryl methyl sites for hydroxylation is 1. The molecule has 27 heavy (non-hydrogen) atoms. The molecule has 1 amide bonds. The first kappa shape index (κ1) is 19.9. The van der Waals surface area contributed by atoms with Crippen LogP contribution in [0.25, 0.3) is 0 Å². The Morgan fingerprint density at radius 2 is 2.11 bits per heavy atom. The van der Waals surface area contributed by atoms with Crippen LogP contribution in [0.2, 0.25) is 5.15 Å². The van der Waals surface area contributed by atoms with Gasteiger partial charge in [0.25, 0.3) is 5.91 Å². The van der Waals surface area contributed by atoms with Gasteiger partial charge in [-0.25, -0.2) is 4.68 Å². The number of nitrogens with zero attached hydrogens (tertiary/aromatic N) is 3. The van der Waals surface area contributed by atoms with E-state index in [1.807, 2.05) is 37.3 Å². The lowest BCUT2D eigenvalue weighted by molar-refractivity contribution is 0.0917. The van der Waals surface area contributed by atoms with Crippen molar-refractivity contribution < 1.29 is 4.79 Å². The topological polar surface area (TPSA) is 50.2 Å². The number of halogens is 1. The SMILES string of the molecule is Cc1nn(Cc2ccccc2)c(Cl)c1C(=O)NCC(C)N1CCCC(C)C1. The van der Waals surface area contributed by atoms with E-state index in [1.165, 1.54) is 12.8 Å². The lowest BCUT2D eigenvalue weighted by Gasteiger charge is -2.35. The second kappa shape index (κ2) is 8.89. The van der Waals surface area contributed by atoms with Crippen molar-refractivity contribution in [2.45, 2.75) is 46.2 Å². The zero-order chi connectivity index (χ0) is 19.4. The third-order valence-electron chi connectivity index (χ3n) is 5.34. The van der Waals surface area contributed by atoms with E-state index in [0.717, 1.165) is 24.6 Å². The van der Waals surface area contributed by atoms with E-state index in [-0.39, 0.29) is 5.91 Å². The summed E-state index contributed by atoms with van der Waals surface area (Å²) in [5.74, 6) is 0.582. The Morgan fingerprint density at radius 3 is 2.81 bits per heavy atom. The number of hydrogen-bond acceptors (Lipinski definition) is 3. The Kier molecular flexibility index (Phi) is 6.55. The van der Waals surface area contributed by atoms with Crippen LogP contribution in [0, 0.1) is 12.8 Å². The van der Waals surface area contributed by atoms with Gasteiger partial charge in [-0.15, -0.1) is 0 Å². The van der Waals surface area contributed by atoms with Crippen LogP contribution in [0.3, 0.4) is 0 Å². The molecule has 1 aromatic heterocycles. The standard InChI is InChI=1S/C21H29ClN4O/c1-15-8-7-11-25(13-15)16(2)12-23-21(27)19-17(3)24-26(20(19)22)14-18-9-5-4-6-10-18/h4-6,9-10,15-16H,7-8,11-14H2,1-3H3,(H,23,27). The van der Waals surface area contributed by atoms with Crippen LogP contribution in [0.1, 0.15) is 48.3 Å². The van der Waals surface area contributed by atoms with Crippen LogP contribution in [-0.4, -0.2) is 46.3 Å². The average Bonchev–Trinajstić information content (AvgIpc) is 2.93. The van der Waals surface area contributed by atoms with Crippen LogP contribution < -0.4 is 5.32 Å². The summed E-state index contributed by atoms with van der Waals surface area (Å²) in [6.07, 6.45) is 2.53. The van der Waals surface area contributed by atoms with E-state index in [4.69, 9.17) is 11.6 Å².